The summed E-state index contributed by atoms with van der Waals surface area (Å²) in [6, 6.07) is 9.03. The third-order valence-corrected chi connectivity index (χ3v) is 4.07. The highest BCUT2D eigenvalue weighted by molar-refractivity contribution is 9.10. The second-order valence-electron chi connectivity index (χ2n) is 4.87. The molecule has 1 heterocycles. The van der Waals surface area contributed by atoms with E-state index in [1.54, 1.807) is 0 Å². The standard InChI is InChI=1S/C14H21BrN2/c1-11(13-2-4-14(15)5-3-13)17-10-12-6-8-16-9-7-12/h2-5,11-12,16-17H,6-10H2,1H3/t11-/m1/s1. The average molecular weight is 297 g/mol. The lowest BCUT2D eigenvalue weighted by Crippen LogP contribution is -2.34. The Labute approximate surface area is 112 Å². The van der Waals surface area contributed by atoms with Gasteiger partial charge >= 0.3 is 0 Å². The van der Waals surface area contributed by atoms with Crippen LogP contribution in [0.2, 0.25) is 0 Å². The quantitative estimate of drug-likeness (QED) is 0.892. The van der Waals surface area contributed by atoms with Crippen LogP contribution in [0.4, 0.5) is 0 Å². The van der Waals surface area contributed by atoms with E-state index in [1.165, 1.54) is 31.5 Å². The van der Waals surface area contributed by atoms with Gasteiger partial charge in [-0.2, -0.15) is 0 Å². The summed E-state index contributed by atoms with van der Waals surface area (Å²) in [7, 11) is 0. The number of benzene rings is 1. The topological polar surface area (TPSA) is 24.1 Å². The summed E-state index contributed by atoms with van der Waals surface area (Å²) >= 11 is 3.47. The zero-order valence-electron chi connectivity index (χ0n) is 10.4. The minimum Gasteiger partial charge on any atom is -0.317 e. The summed E-state index contributed by atoms with van der Waals surface area (Å²) in [5.74, 6) is 0.842. The van der Waals surface area contributed by atoms with E-state index < -0.39 is 0 Å². The zero-order chi connectivity index (χ0) is 12.1. The van der Waals surface area contributed by atoms with Crippen LogP contribution in [0.15, 0.2) is 28.7 Å². The van der Waals surface area contributed by atoms with Gasteiger partial charge in [0.25, 0.3) is 0 Å². The van der Waals surface area contributed by atoms with Crippen molar-refractivity contribution in [1.82, 2.24) is 10.6 Å². The third-order valence-electron chi connectivity index (χ3n) is 3.54. The van der Waals surface area contributed by atoms with E-state index in [2.05, 4.69) is 57.8 Å². The fourth-order valence-corrected chi connectivity index (χ4v) is 2.56. The molecule has 0 aliphatic carbocycles. The molecule has 0 saturated carbocycles. The van der Waals surface area contributed by atoms with Gasteiger partial charge in [0.1, 0.15) is 0 Å². The van der Waals surface area contributed by atoms with E-state index in [0.717, 1.165) is 16.9 Å². The molecule has 2 nitrogen and oxygen atoms in total. The Kier molecular flexibility index (Phi) is 5.01. The molecule has 2 N–H and O–H groups in total. The second-order valence-corrected chi connectivity index (χ2v) is 5.79. The van der Waals surface area contributed by atoms with Crippen LogP contribution < -0.4 is 10.6 Å². The van der Waals surface area contributed by atoms with Crippen molar-refractivity contribution in [2.24, 2.45) is 5.92 Å². The van der Waals surface area contributed by atoms with Gasteiger partial charge in [0.2, 0.25) is 0 Å². The Hall–Kier alpha value is -0.380. The van der Waals surface area contributed by atoms with E-state index in [1.807, 2.05) is 0 Å². The van der Waals surface area contributed by atoms with Gasteiger partial charge in [-0.25, -0.2) is 0 Å². The van der Waals surface area contributed by atoms with Crippen LogP contribution in [0.3, 0.4) is 0 Å². The van der Waals surface area contributed by atoms with Crippen LogP contribution in [0.25, 0.3) is 0 Å². The maximum atomic E-state index is 3.64. The van der Waals surface area contributed by atoms with Crippen molar-refractivity contribution in [1.29, 1.82) is 0 Å². The Balaban J connectivity index is 1.80. The monoisotopic (exact) mass is 296 g/mol. The first-order valence-corrected chi connectivity index (χ1v) is 7.24. The summed E-state index contributed by atoms with van der Waals surface area (Å²) in [6.07, 6.45) is 2.61. The van der Waals surface area contributed by atoms with E-state index in [4.69, 9.17) is 0 Å². The van der Waals surface area contributed by atoms with Crippen LogP contribution in [-0.2, 0) is 0 Å². The summed E-state index contributed by atoms with van der Waals surface area (Å²) in [6.45, 7) is 5.74. The predicted octanol–water partition coefficient (Wildman–Crippen LogP) is 3.10. The van der Waals surface area contributed by atoms with Crippen molar-refractivity contribution in [2.45, 2.75) is 25.8 Å². The molecule has 17 heavy (non-hydrogen) atoms. The lowest BCUT2D eigenvalue weighted by molar-refractivity contribution is 0.345. The molecule has 1 aliphatic rings. The SMILES string of the molecule is C[C@@H](NCC1CCNCC1)c1ccc(Br)cc1. The first-order chi connectivity index (χ1) is 8.25. The second kappa shape index (κ2) is 6.53. The molecule has 0 spiro atoms. The average Bonchev–Trinajstić information content (AvgIpc) is 2.38. The molecule has 94 valence electrons. The van der Waals surface area contributed by atoms with Gasteiger partial charge in [-0.3, -0.25) is 0 Å². The Bertz CT molecular complexity index is 331. The number of hydrogen-bond donors (Lipinski definition) is 2. The lowest BCUT2D eigenvalue weighted by Gasteiger charge is -2.25. The molecule has 0 amide bonds. The van der Waals surface area contributed by atoms with Gasteiger partial charge < -0.3 is 10.6 Å². The number of halogens is 1. The van der Waals surface area contributed by atoms with E-state index in [-0.39, 0.29) is 0 Å². The molecule has 1 aromatic carbocycles. The maximum absolute atomic E-state index is 3.64. The van der Waals surface area contributed by atoms with Crippen LogP contribution in [0.5, 0.6) is 0 Å². The molecule has 1 atom stereocenters. The van der Waals surface area contributed by atoms with Crippen molar-refractivity contribution in [3.8, 4) is 0 Å². The normalized spacial score (nSPS) is 19.2. The van der Waals surface area contributed by atoms with Crippen molar-refractivity contribution >= 4 is 15.9 Å². The van der Waals surface area contributed by atoms with Crippen LogP contribution in [0, 0.1) is 5.92 Å². The molecule has 0 radical (unpaired) electrons. The summed E-state index contributed by atoms with van der Waals surface area (Å²) < 4.78 is 1.15. The first kappa shape index (κ1) is 13.1. The van der Waals surface area contributed by atoms with E-state index in [9.17, 15) is 0 Å². The fraction of sp³-hybridized carbons (Fsp3) is 0.571. The number of piperidine rings is 1. The molecule has 1 aromatic rings. The van der Waals surface area contributed by atoms with Crippen molar-refractivity contribution in [3.05, 3.63) is 34.3 Å². The molecule has 3 heteroatoms. The number of nitrogens with one attached hydrogen (secondary N) is 2. The van der Waals surface area contributed by atoms with Gasteiger partial charge in [0, 0.05) is 10.5 Å². The molecular weight excluding hydrogens is 276 g/mol. The van der Waals surface area contributed by atoms with Crippen molar-refractivity contribution < 1.29 is 0 Å². The molecular formula is C14H21BrN2. The first-order valence-electron chi connectivity index (χ1n) is 6.45. The van der Waals surface area contributed by atoms with Crippen molar-refractivity contribution in [2.75, 3.05) is 19.6 Å². The van der Waals surface area contributed by atoms with Gasteiger partial charge in [0.15, 0.2) is 0 Å². The van der Waals surface area contributed by atoms with Gasteiger partial charge in [-0.1, -0.05) is 28.1 Å². The summed E-state index contributed by atoms with van der Waals surface area (Å²) in [4.78, 5) is 0. The minimum atomic E-state index is 0.443. The molecule has 0 bridgehead atoms. The molecule has 1 fully saturated rings. The maximum Gasteiger partial charge on any atom is 0.0291 e. The number of hydrogen-bond acceptors (Lipinski definition) is 2. The van der Waals surface area contributed by atoms with Gasteiger partial charge in [0.05, 0.1) is 0 Å². The molecule has 1 aliphatic heterocycles. The van der Waals surface area contributed by atoms with Gasteiger partial charge in [-0.15, -0.1) is 0 Å². The minimum absolute atomic E-state index is 0.443. The molecule has 2 rings (SSSR count). The molecule has 0 aromatic heterocycles. The van der Waals surface area contributed by atoms with Gasteiger partial charge in [-0.05, 0) is 63.0 Å². The van der Waals surface area contributed by atoms with E-state index >= 15 is 0 Å². The highest BCUT2D eigenvalue weighted by Gasteiger charge is 2.14. The van der Waals surface area contributed by atoms with Crippen molar-refractivity contribution in [3.63, 3.8) is 0 Å². The Morgan fingerprint density at radius 3 is 2.59 bits per heavy atom. The highest BCUT2D eigenvalue weighted by atomic mass is 79.9. The van der Waals surface area contributed by atoms with E-state index in [0.29, 0.717) is 6.04 Å². The third kappa shape index (κ3) is 4.09. The van der Waals surface area contributed by atoms with Crippen LogP contribution in [0.1, 0.15) is 31.4 Å². The fourth-order valence-electron chi connectivity index (χ4n) is 2.30. The predicted molar refractivity (Wildman–Crippen MR) is 76.2 cm³/mol. The van der Waals surface area contributed by atoms with Crippen LogP contribution >= 0.6 is 15.9 Å². The van der Waals surface area contributed by atoms with Crippen LogP contribution in [-0.4, -0.2) is 19.6 Å². The zero-order valence-corrected chi connectivity index (χ0v) is 12.0. The lowest BCUT2D eigenvalue weighted by atomic mass is 9.97. The largest absolute Gasteiger partial charge is 0.317 e. The molecule has 1 saturated heterocycles. The smallest absolute Gasteiger partial charge is 0.0291 e. The Morgan fingerprint density at radius 1 is 1.29 bits per heavy atom. The highest BCUT2D eigenvalue weighted by Crippen LogP contribution is 2.18. The molecule has 0 unspecified atom stereocenters. The summed E-state index contributed by atoms with van der Waals surface area (Å²) in [5, 5.41) is 7.05. The summed E-state index contributed by atoms with van der Waals surface area (Å²) in [5.41, 5.74) is 1.36. The Morgan fingerprint density at radius 2 is 1.94 bits per heavy atom. The number of rotatable bonds is 4.